The minimum absolute atomic E-state index is 0.217. The molecule has 1 aromatic rings. The van der Waals surface area contributed by atoms with Crippen LogP contribution in [0.25, 0.3) is 0 Å². The van der Waals surface area contributed by atoms with E-state index in [4.69, 9.17) is 0 Å². The van der Waals surface area contributed by atoms with Crippen LogP contribution in [-0.2, 0) is 0 Å². The Morgan fingerprint density at radius 3 is 2.44 bits per heavy atom. The average Bonchev–Trinajstić information content (AvgIpc) is 2.87. The smallest absolute Gasteiger partial charge is 0.254 e. The van der Waals surface area contributed by atoms with Gasteiger partial charge >= 0.3 is 0 Å². The standard InChI is InChI=1S/C15H20N2O/c18-15(12-5-2-1-3-6-12)17(13-7-4-8-13)14-9-10-16-11-14/h1-3,5-6,13-14,16H,4,7-11H2. The molecule has 1 saturated carbocycles. The molecule has 1 aliphatic carbocycles. The van der Waals surface area contributed by atoms with Crippen LogP contribution in [0.1, 0.15) is 36.0 Å². The van der Waals surface area contributed by atoms with Gasteiger partial charge in [0.1, 0.15) is 0 Å². The Kier molecular flexibility index (Phi) is 3.33. The van der Waals surface area contributed by atoms with Crippen molar-refractivity contribution >= 4 is 5.91 Å². The van der Waals surface area contributed by atoms with Crippen molar-refractivity contribution in [3.8, 4) is 0 Å². The van der Waals surface area contributed by atoms with E-state index in [0.29, 0.717) is 12.1 Å². The molecule has 1 saturated heterocycles. The Bertz CT molecular complexity index is 408. The van der Waals surface area contributed by atoms with Crippen LogP contribution in [-0.4, -0.2) is 36.0 Å². The normalized spacial score (nSPS) is 23.7. The van der Waals surface area contributed by atoms with Gasteiger partial charge in [-0.1, -0.05) is 18.2 Å². The summed E-state index contributed by atoms with van der Waals surface area (Å²) in [5.41, 5.74) is 0.830. The highest BCUT2D eigenvalue weighted by Gasteiger charge is 2.35. The van der Waals surface area contributed by atoms with Crippen LogP contribution in [0.3, 0.4) is 0 Å². The molecular formula is C15H20N2O. The maximum Gasteiger partial charge on any atom is 0.254 e. The number of nitrogens with one attached hydrogen (secondary N) is 1. The Morgan fingerprint density at radius 1 is 1.11 bits per heavy atom. The summed E-state index contributed by atoms with van der Waals surface area (Å²) in [4.78, 5) is 14.8. The SMILES string of the molecule is O=C(c1ccccc1)N(C1CCC1)C1CCNC1. The molecule has 2 fully saturated rings. The van der Waals surface area contributed by atoms with E-state index >= 15 is 0 Å². The van der Waals surface area contributed by atoms with Crippen LogP contribution in [0.4, 0.5) is 0 Å². The van der Waals surface area contributed by atoms with E-state index in [1.165, 1.54) is 19.3 Å². The first-order valence-electron chi connectivity index (χ1n) is 6.94. The van der Waals surface area contributed by atoms with Crippen LogP contribution in [0.15, 0.2) is 30.3 Å². The third-order valence-electron chi connectivity index (χ3n) is 4.15. The van der Waals surface area contributed by atoms with E-state index in [-0.39, 0.29) is 5.91 Å². The van der Waals surface area contributed by atoms with Crippen LogP contribution in [0.2, 0.25) is 0 Å². The Morgan fingerprint density at radius 2 is 1.89 bits per heavy atom. The van der Waals surface area contributed by atoms with Gasteiger partial charge in [-0.2, -0.15) is 0 Å². The molecule has 96 valence electrons. The van der Waals surface area contributed by atoms with Crippen molar-refractivity contribution in [2.45, 2.75) is 37.8 Å². The fraction of sp³-hybridized carbons (Fsp3) is 0.533. The van der Waals surface area contributed by atoms with Crippen molar-refractivity contribution in [1.29, 1.82) is 0 Å². The number of rotatable bonds is 3. The highest BCUT2D eigenvalue weighted by Crippen LogP contribution is 2.29. The number of carbonyl (C=O) groups excluding carboxylic acids is 1. The first-order valence-corrected chi connectivity index (χ1v) is 6.94. The van der Waals surface area contributed by atoms with Crippen molar-refractivity contribution < 1.29 is 4.79 Å². The van der Waals surface area contributed by atoms with Crippen LogP contribution in [0, 0.1) is 0 Å². The number of amides is 1. The molecule has 3 rings (SSSR count). The minimum Gasteiger partial charge on any atom is -0.331 e. The molecule has 3 nitrogen and oxygen atoms in total. The lowest BCUT2D eigenvalue weighted by Gasteiger charge is -2.41. The van der Waals surface area contributed by atoms with E-state index in [1.54, 1.807) is 0 Å². The summed E-state index contributed by atoms with van der Waals surface area (Å²) in [5, 5.41) is 3.37. The van der Waals surface area contributed by atoms with Crippen molar-refractivity contribution in [2.75, 3.05) is 13.1 Å². The quantitative estimate of drug-likeness (QED) is 0.882. The minimum atomic E-state index is 0.217. The van der Waals surface area contributed by atoms with Crippen molar-refractivity contribution in [1.82, 2.24) is 10.2 Å². The van der Waals surface area contributed by atoms with E-state index in [2.05, 4.69) is 10.2 Å². The zero-order valence-corrected chi connectivity index (χ0v) is 10.6. The van der Waals surface area contributed by atoms with E-state index in [0.717, 1.165) is 25.1 Å². The molecule has 18 heavy (non-hydrogen) atoms. The Labute approximate surface area is 108 Å². The van der Waals surface area contributed by atoms with E-state index in [9.17, 15) is 4.79 Å². The van der Waals surface area contributed by atoms with Crippen LogP contribution < -0.4 is 5.32 Å². The van der Waals surface area contributed by atoms with Gasteiger partial charge in [-0.15, -0.1) is 0 Å². The van der Waals surface area contributed by atoms with Crippen LogP contribution in [0.5, 0.6) is 0 Å². The van der Waals surface area contributed by atoms with Gasteiger partial charge in [-0.3, -0.25) is 4.79 Å². The molecule has 0 spiro atoms. The van der Waals surface area contributed by atoms with Gasteiger partial charge in [-0.25, -0.2) is 0 Å². The lowest BCUT2D eigenvalue weighted by atomic mass is 9.89. The maximum absolute atomic E-state index is 12.7. The van der Waals surface area contributed by atoms with Crippen molar-refractivity contribution in [3.63, 3.8) is 0 Å². The van der Waals surface area contributed by atoms with Crippen molar-refractivity contribution in [3.05, 3.63) is 35.9 Å². The third-order valence-corrected chi connectivity index (χ3v) is 4.15. The number of hydrogen-bond acceptors (Lipinski definition) is 2. The van der Waals surface area contributed by atoms with E-state index < -0.39 is 0 Å². The Hall–Kier alpha value is -1.35. The average molecular weight is 244 g/mol. The monoisotopic (exact) mass is 244 g/mol. The van der Waals surface area contributed by atoms with Gasteiger partial charge in [0.15, 0.2) is 0 Å². The molecule has 0 radical (unpaired) electrons. The summed E-state index contributed by atoms with van der Waals surface area (Å²) in [5.74, 6) is 0.217. The second-order valence-electron chi connectivity index (χ2n) is 5.31. The van der Waals surface area contributed by atoms with Crippen LogP contribution >= 0.6 is 0 Å². The number of hydrogen-bond donors (Lipinski definition) is 1. The second-order valence-corrected chi connectivity index (χ2v) is 5.31. The molecule has 2 aliphatic rings. The molecule has 1 aromatic carbocycles. The summed E-state index contributed by atoms with van der Waals surface area (Å²) < 4.78 is 0. The molecule has 3 heteroatoms. The molecule has 1 atom stereocenters. The van der Waals surface area contributed by atoms with Crippen molar-refractivity contribution in [2.24, 2.45) is 0 Å². The summed E-state index contributed by atoms with van der Waals surface area (Å²) in [6.45, 7) is 1.99. The summed E-state index contributed by atoms with van der Waals surface area (Å²) in [6, 6.07) is 10.6. The van der Waals surface area contributed by atoms with Gasteiger partial charge in [0.05, 0.1) is 0 Å². The largest absolute Gasteiger partial charge is 0.331 e. The second kappa shape index (κ2) is 5.11. The third kappa shape index (κ3) is 2.15. The molecule has 1 amide bonds. The first kappa shape index (κ1) is 11.7. The lowest BCUT2D eigenvalue weighted by Crippen LogP contribution is -2.50. The lowest BCUT2D eigenvalue weighted by molar-refractivity contribution is 0.0465. The van der Waals surface area contributed by atoms with Gasteiger partial charge in [0.25, 0.3) is 5.91 Å². The van der Waals surface area contributed by atoms with Gasteiger partial charge in [0.2, 0.25) is 0 Å². The molecule has 1 N–H and O–H groups in total. The molecule has 0 bridgehead atoms. The fourth-order valence-corrected chi connectivity index (χ4v) is 2.90. The highest BCUT2D eigenvalue weighted by molar-refractivity contribution is 5.94. The molecule has 0 aromatic heterocycles. The molecule has 1 aliphatic heterocycles. The van der Waals surface area contributed by atoms with E-state index in [1.807, 2.05) is 30.3 Å². The topological polar surface area (TPSA) is 32.3 Å². The predicted octanol–water partition coefficient (Wildman–Crippen LogP) is 2.04. The van der Waals surface area contributed by atoms with Gasteiger partial charge in [-0.05, 0) is 44.4 Å². The zero-order valence-electron chi connectivity index (χ0n) is 10.6. The maximum atomic E-state index is 12.7. The predicted molar refractivity (Wildman–Crippen MR) is 71.5 cm³/mol. The number of carbonyl (C=O) groups is 1. The molecule has 1 heterocycles. The molecular weight excluding hydrogens is 224 g/mol. The molecule has 1 unspecified atom stereocenters. The van der Waals surface area contributed by atoms with Gasteiger partial charge in [0, 0.05) is 24.2 Å². The van der Waals surface area contributed by atoms with Gasteiger partial charge < -0.3 is 10.2 Å². The zero-order chi connectivity index (χ0) is 12.4. The Balaban J connectivity index is 1.81. The summed E-state index contributed by atoms with van der Waals surface area (Å²) >= 11 is 0. The number of benzene rings is 1. The highest BCUT2D eigenvalue weighted by atomic mass is 16.2. The number of nitrogens with zero attached hydrogens (tertiary/aromatic N) is 1. The summed E-state index contributed by atoms with van der Waals surface area (Å²) in [6.07, 6.45) is 4.71. The summed E-state index contributed by atoms with van der Waals surface area (Å²) in [7, 11) is 0. The fourth-order valence-electron chi connectivity index (χ4n) is 2.90. The first-order chi connectivity index (χ1) is 8.86.